The van der Waals surface area contributed by atoms with Crippen molar-refractivity contribution in [3.8, 4) is 0 Å². The fourth-order valence-electron chi connectivity index (χ4n) is 3.14. The standard InChI is InChI=1S/C14H27N3/c1-17(13-10-4-2-3-5-11-13)14(15)16-12-8-6-7-9-12/h12-13H,2-11H2,1H3,(H2,15,16). The second-order valence-corrected chi connectivity index (χ2v) is 5.68. The maximum Gasteiger partial charge on any atom is 0.191 e. The van der Waals surface area contributed by atoms with Gasteiger partial charge in [-0.3, -0.25) is 0 Å². The van der Waals surface area contributed by atoms with Gasteiger partial charge in [0.05, 0.1) is 6.04 Å². The van der Waals surface area contributed by atoms with Crippen molar-refractivity contribution in [3.63, 3.8) is 0 Å². The van der Waals surface area contributed by atoms with Gasteiger partial charge in [0.1, 0.15) is 0 Å². The fraction of sp³-hybridized carbons (Fsp3) is 0.929. The Kier molecular flexibility index (Phi) is 4.69. The van der Waals surface area contributed by atoms with Gasteiger partial charge >= 0.3 is 0 Å². The van der Waals surface area contributed by atoms with Crippen LogP contribution in [-0.2, 0) is 0 Å². The van der Waals surface area contributed by atoms with Crippen molar-refractivity contribution in [3.05, 3.63) is 0 Å². The summed E-state index contributed by atoms with van der Waals surface area (Å²) in [5.74, 6) is 0.781. The van der Waals surface area contributed by atoms with Gasteiger partial charge < -0.3 is 10.6 Å². The second kappa shape index (κ2) is 6.27. The van der Waals surface area contributed by atoms with Crippen LogP contribution in [0.3, 0.4) is 0 Å². The van der Waals surface area contributed by atoms with Gasteiger partial charge in [-0.25, -0.2) is 4.99 Å². The van der Waals surface area contributed by atoms with Crippen molar-refractivity contribution in [2.24, 2.45) is 10.7 Å². The van der Waals surface area contributed by atoms with Crippen molar-refractivity contribution in [1.82, 2.24) is 4.90 Å². The molecular weight excluding hydrogens is 210 g/mol. The molecule has 0 spiro atoms. The van der Waals surface area contributed by atoms with Crippen LogP contribution in [0.25, 0.3) is 0 Å². The van der Waals surface area contributed by atoms with Crippen LogP contribution in [0.15, 0.2) is 4.99 Å². The second-order valence-electron chi connectivity index (χ2n) is 5.68. The first-order valence-corrected chi connectivity index (χ1v) is 7.33. The van der Waals surface area contributed by atoms with Gasteiger partial charge in [0.2, 0.25) is 0 Å². The van der Waals surface area contributed by atoms with E-state index in [2.05, 4.69) is 11.9 Å². The molecule has 2 fully saturated rings. The molecule has 2 N–H and O–H groups in total. The minimum Gasteiger partial charge on any atom is -0.370 e. The van der Waals surface area contributed by atoms with Gasteiger partial charge in [0.15, 0.2) is 5.96 Å². The first-order valence-electron chi connectivity index (χ1n) is 7.33. The molecule has 3 heteroatoms. The highest BCUT2D eigenvalue weighted by Gasteiger charge is 2.20. The summed E-state index contributed by atoms with van der Waals surface area (Å²) >= 11 is 0. The molecule has 98 valence electrons. The lowest BCUT2D eigenvalue weighted by atomic mass is 10.1. The summed E-state index contributed by atoms with van der Waals surface area (Å²) in [5, 5.41) is 0. The zero-order valence-corrected chi connectivity index (χ0v) is 11.2. The lowest BCUT2D eigenvalue weighted by molar-refractivity contribution is 0.325. The van der Waals surface area contributed by atoms with Crippen LogP contribution < -0.4 is 5.73 Å². The van der Waals surface area contributed by atoms with E-state index in [-0.39, 0.29) is 0 Å². The smallest absolute Gasteiger partial charge is 0.191 e. The molecular formula is C14H27N3. The Labute approximate surface area is 105 Å². The van der Waals surface area contributed by atoms with Crippen LogP contribution in [-0.4, -0.2) is 30.0 Å². The number of guanidine groups is 1. The molecule has 0 aromatic rings. The summed E-state index contributed by atoms with van der Waals surface area (Å²) in [4.78, 5) is 6.94. The largest absolute Gasteiger partial charge is 0.370 e. The molecule has 0 aliphatic heterocycles. The molecule has 2 rings (SSSR count). The van der Waals surface area contributed by atoms with E-state index in [0.29, 0.717) is 12.1 Å². The predicted octanol–water partition coefficient (Wildman–Crippen LogP) is 2.90. The Balaban J connectivity index is 1.89. The monoisotopic (exact) mass is 237 g/mol. The zero-order valence-electron chi connectivity index (χ0n) is 11.2. The lowest BCUT2D eigenvalue weighted by Crippen LogP contribution is -2.42. The summed E-state index contributed by atoms with van der Waals surface area (Å²) in [7, 11) is 2.13. The summed E-state index contributed by atoms with van der Waals surface area (Å²) in [6.45, 7) is 0. The molecule has 0 bridgehead atoms. The Hall–Kier alpha value is -0.730. The predicted molar refractivity (Wildman–Crippen MR) is 73.1 cm³/mol. The average Bonchev–Trinajstić information content (AvgIpc) is 2.68. The molecule has 0 heterocycles. The van der Waals surface area contributed by atoms with Crippen LogP contribution in [0, 0.1) is 0 Å². The third-order valence-corrected chi connectivity index (χ3v) is 4.37. The van der Waals surface area contributed by atoms with Gasteiger partial charge in [0, 0.05) is 13.1 Å². The summed E-state index contributed by atoms with van der Waals surface area (Å²) < 4.78 is 0. The number of aliphatic imine (C=N–C) groups is 1. The van der Waals surface area contributed by atoms with Crippen LogP contribution in [0.1, 0.15) is 64.2 Å². The van der Waals surface area contributed by atoms with E-state index in [9.17, 15) is 0 Å². The highest BCUT2D eigenvalue weighted by atomic mass is 15.3. The van der Waals surface area contributed by atoms with Crippen LogP contribution in [0.5, 0.6) is 0 Å². The SMILES string of the molecule is CN(C(N)=NC1CCCC1)C1CCCCCC1. The molecule has 2 aliphatic carbocycles. The van der Waals surface area contributed by atoms with Gasteiger partial charge in [-0.2, -0.15) is 0 Å². The summed E-state index contributed by atoms with van der Waals surface area (Å²) in [6, 6.07) is 1.13. The number of hydrogen-bond donors (Lipinski definition) is 1. The number of nitrogens with zero attached hydrogens (tertiary/aromatic N) is 2. The average molecular weight is 237 g/mol. The van der Waals surface area contributed by atoms with Crippen LogP contribution in [0.4, 0.5) is 0 Å². The van der Waals surface area contributed by atoms with Gasteiger partial charge in [-0.05, 0) is 25.7 Å². The number of nitrogens with two attached hydrogens (primary N) is 1. The number of rotatable bonds is 2. The molecule has 0 saturated heterocycles. The molecule has 2 saturated carbocycles. The topological polar surface area (TPSA) is 41.6 Å². The van der Waals surface area contributed by atoms with Crippen molar-refractivity contribution < 1.29 is 0 Å². The van der Waals surface area contributed by atoms with Gasteiger partial charge in [-0.15, -0.1) is 0 Å². The van der Waals surface area contributed by atoms with Crippen molar-refractivity contribution in [2.75, 3.05) is 7.05 Å². The van der Waals surface area contributed by atoms with E-state index in [1.165, 1.54) is 64.2 Å². The highest BCUT2D eigenvalue weighted by molar-refractivity contribution is 5.78. The minimum absolute atomic E-state index is 0.503. The minimum atomic E-state index is 0.503. The molecule has 0 aromatic carbocycles. The summed E-state index contributed by atoms with van der Waals surface area (Å²) in [5.41, 5.74) is 6.15. The third kappa shape index (κ3) is 3.62. The lowest BCUT2D eigenvalue weighted by Gasteiger charge is -2.28. The first kappa shape index (κ1) is 12.7. The Morgan fingerprint density at radius 1 is 0.941 bits per heavy atom. The molecule has 2 aliphatic rings. The fourth-order valence-corrected chi connectivity index (χ4v) is 3.14. The molecule has 3 nitrogen and oxygen atoms in total. The first-order chi connectivity index (χ1) is 8.27. The van der Waals surface area contributed by atoms with E-state index < -0.39 is 0 Å². The van der Waals surface area contributed by atoms with Crippen LogP contribution in [0.2, 0.25) is 0 Å². The van der Waals surface area contributed by atoms with Crippen LogP contribution >= 0.6 is 0 Å². The maximum atomic E-state index is 6.15. The Bertz CT molecular complexity index is 248. The van der Waals surface area contributed by atoms with E-state index >= 15 is 0 Å². The molecule has 17 heavy (non-hydrogen) atoms. The Morgan fingerprint density at radius 3 is 2.06 bits per heavy atom. The quantitative estimate of drug-likeness (QED) is 0.456. The Morgan fingerprint density at radius 2 is 1.47 bits per heavy atom. The van der Waals surface area contributed by atoms with Crippen molar-refractivity contribution in [2.45, 2.75) is 76.3 Å². The molecule has 0 radical (unpaired) electrons. The zero-order chi connectivity index (χ0) is 12.1. The molecule has 0 amide bonds. The van der Waals surface area contributed by atoms with E-state index in [1.807, 2.05) is 0 Å². The van der Waals surface area contributed by atoms with Gasteiger partial charge in [0.25, 0.3) is 0 Å². The highest BCUT2D eigenvalue weighted by Crippen LogP contribution is 2.23. The third-order valence-electron chi connectivity index (χ3n) is 4.37. The van der Waals surface area contributed by atoms with E-state index in [1.54, 1.807) is 0 Å². The van der Waals surface area contributed by atoms with E-state index in [0.717, 1.165) is 5.96 Å². The number of hydrogen-bond acceptors (Lipinski definition) is 1. The maximum absolute atomic E-state index is 6.15. The molecule has 0 atom stereocenters. The van der Waals surface area contributed by atoms with Gasteiger partial charge in [-0.1, -0.05) is 38.5 Å². The molecule has 0 unspecified atom stereocenters. The summed E-state index contributed by atoms with van der Waals surface area (Å²) in [6.07, 6.45) is 13.2. The van der Waals surface area contributed by atoms with Crippen molar-refractivity contribution >= 4 is 5.96 Å². The van der Waals surface area contributed by atoms with E-state index in [4.69, 9.17) is 10.7 Å². The molecule has 0 aromatic heterocycles. The normalized spacial score (nSPS) is 24.9. The van der Waals surface area contributed by atoms with Crippen molar-refractivity contribution in [1.29, 1.82) is 0 Å².